The van der Waals surface area contributed by atoms with Gasteiger partial charge in [0.05, 0.1) is 22.8 Å². The minimum absolute atomic E-state index is 0.980. The first-order chi connectivity index (χ1) is 32.3. The number of benzene rings is 4. The number of rotatable bonds is 4. The summed E-state index contributed by atoms with van der Waals surface area (Å²) in [5.41, 5.74) is 15.4. The van der Waals surface area contributed by atoms with Gasteiger partial charge in [0.15, 0.2) is 0 Å². The lowest BCUT2D eigenvalue weighted by molar-refractivity contribution is 1.02. The third-order valence-electron chi connectivity index (χ3n) is 9.82. The van der Waals surface area contributed by atoms with E-state index in [1.807, 2.05) is 111 Å². The Kier molecular flexibility index (Phi) is 25.6. The summed E-state index contributed by atoms with van der Waals surface area (Å²) < 4.78 is 5.23. The molecule has 0 N–H and O–H groups in total. The van der Waals surface area contributed by atoms with Gasteiger partial charge in [-0.3, -0.25) is 0 Å². The Morgan fingerprint density at radius 3 is 0.862 bits per heavy atom. The summed E-state index contributed by atoms with van der Waals surface area (Å²) in [5, 5.41) is 2.35. The molecule has 4 aliphatic heterocycles. The number of nitrogens with zero attached hydrogens (tertiary/aromatic N) is 4. The molecule has 340 valence electrons. The molecule has 0 amide bonds. The van der Waals surface area contributed by atoms with Crippen LogP contribution < -0.4 is 10.7 Å². The molecule has 6 heterocycles. The fraction of sp³-hybridized carbons (Fsp3) is 0.267. The fourth-order valence-corrected chi connectivity index (χ4v) is 9.61. The Bertz CT molecular complexity index is 2450. The second-order valence-corrected chi connectivity index (χ2v) is 14.1. The standard InChI is InChI=1S/C44H28N4.8C2H6.Al.H/c1-5-13-29(14-6-1)41-33-21-23-35(45-33)42(30-15-7-2-8-16-30)37-25-27-39(47-37)44(32-19-11-4-12-20-32)40-28-26-38(48-40)43(31-17-9-3-10-18-31)36-24-22-34(41)46-36;8*1-2;;/h1-28H;8*1-2H3;;/q-2;;;;;;;;;+2;. The van der Waals surface area contributed by atoms with E-state index in [4.69, 9.17) is 9.98 Å². The van der Waals surface area contributed by atoms with Gasteiger partial charge in [0, 0.05) is 44.4 Å². The maximum atomic E-state index is 5.45. The zero-order valence-corrected chi connectivity index (χ0v) is 44.1. The molecule has 0 saturated heterocycles. The molecule has 65 heavy (non-hydrogen) atoms. The summed E-state index contributed by atoms with van der Waals surface area (Å²) in [7, 11) is 0. The molecule has 0 unspecified atom stereocenters. The summed E-state index contributed by atoms with van der Waals surface area (Å²) in [4.78, 5) is 10.9. The molecule has 4 nitrogen and oxygen atoms in total. The highest BCUT2D eigenvalue weighted by Gasteiger charge is 2.29. The van der Waals surface area contributed by atoms with Gasteiger partial charge in [-0.25, -0.2) is 9.98 Å². The van der Waals surface area contributed by atoms with Crippen LogP contribution in [0, 0.1) is 0 Å². The van der Waals surface area contributed by atoms with E-state index in [9.17, 15) is 0 Å². The third kappa shape index (κ3) is 12.2. The first kappa shape index (κ1) is 55.1. The van der Waals surface area contributed by atoms with Crippen LogP contribution in [0.5, 0.6) is 0 Å². The molecule has 6 aromatic rings. The predicted molar refractivity (Wildman–Crippen MR) is 293 cm³/mol. The first-order valence-electron chi connectivity index (χ1n) is 24.7. The van der Waals surface area contributed by atoms with Gasteiger partial charge in [-0.15, -0.1) is 0 Å². The van der Waals surface area contributed by atoms with Crippen molar-refractivity contribution in [2.45, 2.75) is 111 Å². The molecular formula is C60H77AlN4. The van der Waals surface area contributed by atoms with Gasteiger partial charge in [-0.2, -0.15) is 0 Å². The van der Waals surface area contributed by atoms with E-state index in [2.05, 4.69) is 177 Å². The van der Waals surface area contributed by atoms with Gasteiger partial charge in [0.2, 0.25) is 0 Å². The smallest absolute Gasteiger partial charge is 0.417 e. The van der Waals surface area contributed by atoms with Gasteiger partial charge in [0.25, 0.3) is 0 Å². The number of allylic oxidation sites excluding steroid dienone is 4. The molecule has 10 rings (SSSR count). The normalized spacial score (nSPS) is 12.6. The minimum atomic E-state index is -1.28. The van der Waals surface area contributed by atoms with Crippen molar-refractivity contribution < 1.29 is 0 Å². The van der Waals surface area contributed by atoms with Crippen molar-refractivity contribution in [3.8, 4) is 0 Å². The molecule has 4 aliphatic rings. The molecular weight excluding hydrogens is 804 g/mol. The van der Waals surface area contributed by atoms with Crippen molar-refractivity contribution in [2.75, 3.05) is 0 Å². The van der Waals surface area contributed by atoms with Crippen LogP contribution in [-0.4, -0.2) is 34.2 Å². The number of aliphatic imine (C=N–C) groups is 2. The fourth-order valence-electron chi connectivity index (χ4n) is 7.66. The summed E-state index contributed by atoms with van der Waals surface area (Å²) in [6.45, 7) is 32.0. The summed E-state index contributed by atoms with van der Waals surface area (Å²) in [6.07, 6.45) is 8.80. The van der Waals surface area contributed by atoms with Crippen LogP contribution in [0.4, 0.5) is 0 Å². The molecule has 0 fully saturated rings. The highest BCUT2D eigenvalue weighted by atomic mass is 27.1. The van der Waals surface area contributed by atoms with Crippen LogP contribution in [0.3, 0.4) is 0 Å². The zero-order valence-electron chi connectivity index (χ0n) is 42.7. The Morgan fingerprint density at radius 2 is 0.569 bits per heavy atom. The molecule has 0 atom stereocenters. The quantitative estimate of drug-likeness (QED) is 0.158. The Balaban J connectivity index is 0.000000825. The first-order valence-corrected chi connectivity index (χ1v) is 26.0. The zero-order chi connectivity index (χ0) is 48.3. The van der Waals surface area contributed by atoms with Gasteiger partial charge in [-0.1, -0.05) is 232 Å². The van der Waals surface area contributed by atoms with Crippen molar-refractivity contribution in [1.29, 1.82) is 0 Å². The summed E-state index contributed by atoms with van der Waals surface area (Å²) >= 11 is -1.28. The Morgan fingerprint density at radius 1 is 0.292 bits per heavy atom. The molecule has 4 aromatic carbocycles. The van der Waals surface area contributed by atoms with Crippen LogP contribution in [0.1, 0.15) is 144 Å². The van der Waals surface area contributed by atoms with E-state index in [0.29, 0.717) is 0 Å². The number of hydrogen-bond acceptors (Lipinski definition) is 2. The second-order valence-electron chi connectivity index (χ2n) is 12.6. The van der Waals surface area contributed by atoms with Crippen molar-refractivity contribution >= 4 is 49.4 Å². The van der Waals surface area contributed by atoms with E-state index in [0.717, 1.165) is 67.4 Å². The average molecular weight is 881 g/mol. The summed E-state index contributed by atoms with van der Waals surface area (Å²) in [5.74, 6) is 0. The lowest BCUT2D eigenvalue weighted by Gasteiger charge is -2.22. The molecule has 5 heteroatoms. The van der Waals surface area contributed by atoms with E-state index in [1.54, 1.807) is 0 Å². The highest BCUT2D eigenvalue weighted by molar-refractivity contribution is 6.37. The van der Waals surface area contributed by atoms with Gasteiger partial charge >= 0.3 is 15.7 Å². The summed E-state index contributed by atoms with van der Waals surface area (Å²) in [6, 6.07) is 52.2. The molecule has 6 bridgehead atoms. The molecule has 0 saturated carbocycles. The van der Waals surface area contributed by atoms with Crippen LogP contribution in [0.15, 0.2) is 191 Å². The predicted octanol–water partition coefficient (Wildman–Crippen LogP) is 15.1. The van der Waals surface area contributed by atoms with Crippen molar-refractivity contribution in [2.24, 2.45) is 9.98 Å². The van der Waals surface area contributed by atoms with Crippen molar-refractivity contribution in [3.05, 3.63) is 226 Å². The third-order valence-corrected chi connectivity index (χ3v) is 11.8. The Labute approximate surface area is 400 Å². The van der Waals surface area contributed by atoms with Gasteiger partial charge in [-0.05, 0) is 70.8 Å². The lowest BCUT2D eigenvalue weighted by Crippen LogP contribution is -2.40. The number of fused-ring (bicyclic) bond motifs is 2. The SMILES string of the molecule is C1=CC2=C(c3ccccc3)c3ccc4[n]3[AlH][n]3c(ccc3=C(c3ccccc3)C3=NC(=C4c4ccccc4)C=C3)=C(c3ccccc3)C1=N2.CC.CC.CC.CC.CC.CC.CC.CC. The topological polar surface area (TPSA) is 34.6 Å². The van der Waals surface area contributed by atoms with Gasteiger partial charge in [0.1, 0.15) is 0 Å². The van der Waals surface area contributed by atoms with Crippen LogP contribution in [0.25, 0.3) is 22.3 Å². The average Bonchev–Trinajstić information content (AvgIpc) is 4.26. The Hall–Kier alpha value is -5.99. The van der Waals surface area contributed by atoms with E-state index < -0.39 is 15.7 Å². The van der Waals surface area contributed by atoms with Crippen LogP contribution in [-0.2, 0) is 0 Å². The molecule has 0 aliphatic carbocycles. The second kappa shape index (κ2) is 30.2. The number of hydrogen-bond donors (Lipinski definition) is 0. The van der Waals surface area contributed by atoms with Gasteiger partial charge < -0.3 is 7.10 Å². The minimum Gasteiger partial charge on any atom is -0.417 e. The van der Waals surface area contributed by atoms with Crippen LogP contribution in [0.2, 0.25) is 0 Å². The van der Waals surface area contributed by atoms with Crippen LogP contribution >= 0.6 is 0 Å². The molecule has 2 aromatic heterocycles. The lowest BCUT2D eigenvalue weighted by atomic mass is 10.0. The highest BCUT2D eigenvalue weighted by Crippen LogP contribution is 2.38. The maximum absolute atomic E-state index is 5.45. The van der Waals surface area contributed by atoms with E-state index >= 15 is 0 Å². The largest absolute Gasteiger partial charge is 0.558 e. The molecule has 0 spiro atoms. The monoisotopic (exact) mass is 881 g/mol. The van der Waals surface area contributed by atoms with Crippen molar-refractivity contribution in [1.82, 2.24) is 7.10 Å². The molecule has 0 radical (unpaired) electrons. The maximum Gasteiger partial charge on any atom is 0.558 e. The van der Waals surface area contributed by atoms with Crippen molar-refractivity contribution in [3.63, 3.8) is 0 Å². The van der Waals surface area contributed by atoms with E-state index in [1.165, 1.54) is 22.1 Å². The number of aromatic nitrogens is 2. The van der Waals surface area contributed by atoms with E-state index in [-0.39, 0.29) is 0 Å².